The first-order valence-corrected chi connectivity index (χ1v) is 5.84. The van der Waals surface area contributed by atoms with Crippen LogP contribution in [0.25, 0.3) is 0 Å². The van der Waals surface area contributed by atoms with Gasteiger partial charge in [-0.3, -0.25) is 0 Å². The Morgan fingerprint density at radius 1 is 1.47 bits per heavy atom. The second-order valence-corrected chi connectivity index (χ2v) is 4.39. The monoisotopic (exact) mass is 207 g/mol. The molecule has 1 atom stereocenters. The summed E-state index contributed by atoms with van der Waals surface area (Å²) in [6.07, 6.45) is 5.79. The van der Waals surface area contributed by atoms with E-state index in [1.165, 1.54) is 18.5 Å². The zero-order chi connectivity index (χ0) is 10.1. The fourth-order valence-electron chi connectivity index (χ4n) is 2.39. The van der Waals surface area contributed by atoms with Gasteiger partial charge in [0.25, 0.3) is 6.01 Å². The van der Waals surface area contributed by atoms with Crippen molar-refractivity contribution in [3.05, 3.63) is 11.9 Å². The van der Waals surface area contributed by atoms with Gasteiger partial charge < -0.3 is 14.6 Å². The van der Waals surface area contributed by atoms with E-state index in [9.17, 15) is 0 Å². The highest BCUT2D eigenvalue weighted by Gasteiger charge is 2.21. The molecule has 1 aromatic rings. The van der Waals surface area contributed by atoms with Crippen LogP contribution in [-0.4, -0.2) is 29.2 Å². The van der Waals surface area contributed by atoms with Crippen LogP contribution in [0.1, 0.15) is 30.9 Å². The maximum Gasteiger partial charge on any atom is 0.296 e. The number of fused-ring (bicyclic) bond motifs is 1. The molecular weight excluding hydrogens is 190 g/mol. The number of hydrogen-bond donors (Lipinski definition) is 1. The molecule has 1 saturated heterocycles. The van der Waals surface area contributed by atoms with Crippen molar-refractivity contribution in [2.24, 2.45) is 0 Å². The van der Waals surface area contributed by atoms with Crippen molar-refractivity contribution in [3.63, 3.8) is 0 Å². The zero-order valence-corrected chi connectivity index (χ0v) is 8.91. The van der Waals surface area contributed by atoms with Gasteiger partial charge in [-0.1, -0.05) is 0 Å². The number of hydrogen-bond acceptors (Lipinski definition) is 3. The minimum atomic E-state index is 0.584. The van der Waals surface area contributed by atoms with E-state index in [2.05, 4.69) is 21.1 Å². The lowest BCUT2D eigenvalue weighted by molar-refractivity contribution is 0.230. The molecule has 0 amide bonds. The minimum Gasteiger partial charge on any atom is -0.465 e. The van der Waals surface area contributed by atoms with Crippen molar-refractivity contribution in [2.45, 2.75) is 31.7 Å². The predicted octanol–water partition coefficient (Wildman–Crippen LogP) is 1.13. The van der Waals surface area contributed by atoms with E-state index in [-0.39, 0.29) is 0 Å². The Morgan fingerprint density at radius 3 is 3.27 bits per heavy atom. The van der Waals surface area contributed by atoms with E-state index in [0.717, 1.165) is 38.7 Å². The lowest BCUT2D eigenvalue weighted by Gasteiger charge is -2.20. The van der Waals surface area contributed by atoms with Crippen LogP contribution in [0.15, 0.2) is 6.20 Å². The number of aromatic nitrogens is 2. The fraction of sp³-hybridized carbons (Fsp3) is 0.727. The van der Waals surface area contributed by atoms with Crippen molar-refractivity contribution in [2.75, 3.05) is 19.7 Å². The quantitative estimate of drug-likeness (QED) is 0.750. The van der Waals surface area contributed by atoms with Crippen LogP contribution in [0.4, 0.5) is 0 Å². The van der Waals surface area contributed by atoms with Crippen LogP contribution in [0.5, 0.6) is 6.01 Å². The second kappa shape index (κ2) is 3.85. The summed E-state index contributed by atoms with van der Waals surface area (Å²) in [4.78, 5) is 4.58. The topological polar surface area (TPSA) is 39.1 Å². The smallest absolute Gasteiger partial charge is 0.296 e. The van der Waals surface area contributed by atoms with Gasteiger partial charge in [-0.25, -0.2) is 0 Å². The highest BCUT2D eigenvalue weighted by Crippen LogP contribution is 2.26. The van der Waals surface area contributed by atoms with Crippen molar-refractivity contribution < 1.29 is 4.74 Å². The van der Waals surface area contributed by atoms with Gasteiger partial charge in [-0.15, -0.1) is 0 Å². The Balaban J connectivity index is 1.82. The lowest BCUT2D eigenvalue weighted by Crippen LogP contribution is -2.28. The van der Waals surface area contributed by atoms with Gasteiger partial charge in [-0.2, -0.15) is 4.98 Å². The molecule has 0 bridgehead atoms. The maximum absolute atomic E-state index is 5.53. The normalized spacial score (nSPS) is 25.7. The number of imidazole rings is 1. The number of rotatable bonds is 1. The van der Waals surface area contributed by atoms with E-state index < -0.39 is 0 Å². The van der Waals surface area contributed by atoms with Gasteiger partial charge >= 0.3 is 0 Å². The summed E-state index contributed by atoms with van der Waals surface area (Å²) >= 11 is 0. The second-order valence-electron chi connectivity index (χ2n) is 4.39. The van der Waals surface area contributed by atoms with Crippen LogP contribution in [0.2, 0.25) is 0 Å². The van der Waals surface area contributed by atoms with E-state index in [1.54, 1.807) is 0 Å². The third-order valence-electron chi connectivity index (χ3n) is 3.25. The standard InChI is InChI=1S/C11H17N3O/c1-3-9(7-12-4-1)10-8-14-5-2-6-15-11(14)13-10/h8-9,12H,1-7H2. The van der Waals surface area contributed by atoms with E-state index in [4.69, 9.17) is 4.74 Å². The highest BCUT2D eigenvalue weighted by molar-refractivity contribution is 5.15. The maximum atomic E-state index is 5.53. The summed E-state index contributed by atoms with van der Waals surface area (Å²) in [5.74, 6) is 0.584. The van der Waals surface area contributed by atoms with Crippen molar-refractivity contribution in [3.8, 4) is 6.01 Å². The molecule has 3 rings (SSSR count). The highest BCUT2D eigenvalue weighted by atomic mass is 16.5. The summed E-state index contributed by atoms with van der Waals surface area (Å²) in [7, 11) is 0. The first kappa shape index (κ1) is 9.21. The third-order valence-corrected chi connectivity index (χ3v) is 3.25. The number of piperidine rings is 1. The molecule has 1 N–H and O–H groups in total. The van der Waals surface area contributed by atoms with Gasteiger partial charge in [0, 0.05) is 25.2 Å². The molecule has 1 fully saturated rings. The van der Waals surface area contributed by atoms with E-state index in [0.29, 0.717) is 5.92 Å². The molecule has 0 aliphatic carbocycles. The van der Waals surface area contributed by atoms with E-state index in [1.807, 2.05) is 0 Å². The predicted molar refractivity (Wildman–Crippen MR) is 57.2 cm³/mol. The van der Waals surface area contributed by atoms with Crippen LogP contribution in [0, 0.1) is 0 Å². The number of aryl methyl sites for hydroxylation is 1. The van der Waals surface area contributed by atoms with Crippen LogP contribution in [-0.2, 0) is 6.54 Å². The van der Waals surface area contributed by atoms with Crippen molar-refractivity contribution in [1.82, 2.24) is 14.9 Å². The number of nitrogens with one attached hydrogen (secondary N) is 1. The largest absolute Gasteiger partial charge is 0.465 e. The van der Waals surface area contributed by atoms with Gasteiger partial charge in [0.1, 0.15) is 0 Å². The summed E-state index contributed by atoms with van der Waals surface area (Å²) in [6.45, 7) is 4.10. The lowest BCUT2D eigenvalue weighted by atomic mass is 9.97. The summed E-state index contributed by atoms with van der Waals surface area (Å²) in [5.41, 5.74) is 1.21. The molecular formula is C11H17N3O. The van der Waals surface area contributed by atoms with Crippen LogP contribution >= 0.6 is 0 Å². The molecule has 1 unspecified atom stereocenters. The third kappa shape index (κ3) is 1.74. The van der Waals surface area contributed by atoms with Gasteiger partial charge in [-0.05, 0) is 25.8 Å². The fourth-order valence-corrected chi connectivity index (χ4v) is 2.39. The molecule has 4 nitrogen and oxygen atoms in total. The van der Waals surface area contributed by atoms with E-state index >= 15 is 0 Å². The molecule has 0 radical (unpaired) electrons. The summed E-state index contributed by atoms with van der Waals surface area (Å²) in [5, 5.41) is 3.42. The number of nitrogens with zero attached hydrogens (tertiary/aromatic N) is 2. The van der Waals surface area contributed by atoms with Gasteiger partial charge in [0.15, 0.2) is 0 Å². The zero-order valence-electron chi connectivity index (χ0n) is 8.91. The summed E-state index contributed by atoms with van der Waals surface area (Å²) in [6, 6.07) is 0.821. The van der Waals surface area contributed by atoms with Crippen LogP contribution < -0.4 is 10.1 Å². The average molecular weight is 207 g/mol. The molecule has 3 heterocycles. The van der Waals surface area contributed by atoms with Gasteiger partial charge in [0.2, 0.25) is 0 Å². The molecule has 1 aromatic heterocycles. The minimum absolute atomic E-state index is 0.584. The molecule has 82 valence electrons. The average Bonchev–Trinajstić information content (AvgIpc) is 2.74. The Labute approximate surface area is 89.6 Å². The molecule has 4 heteroatoms. The van der Waals surface area contributed by atoms with Crippen molar-refractivity contribution in [1.29, 1.82) is 0 Å². The molecule has 0 spiro atoms. The molecule has 2 aliphatic heterocycles. The Kier molecular flexibility index (Phi) is 2.37. The Morgan fingerprint density at radius 2 is 2.47 bits per heavy atom. The SMILES string of the molecule is c1c(C2CCCNC2)nc2n1CCCO2. The Bertz CT molecular complexity index is 318. The first-order chi connectivity index (χ1) is 7.43. The first-order valence-electron chi connectivity index (χ1n) is 5.84. The van der Waals surface area contributed by atoms with Crippen molar-refractivity contribution >= 4 is 0 Å². The molecule has 0 saturated carbocycles. The molecule has 0 aromatic carbocycles. The molecule has 2 aliphatic rings. The summed E-state index contributed by atoms with van der Waals surface area (Å²) < 4.78 is 7.67. The Hall–Kier alpha value is -1.03. The van der Waals surface area contributed by atoms with Crippen LogP contribution in [0.3, 0.4) is 0 Å². The van der Waals surface area contributed by atoms with Gasteiger partial charge in [0.05, 0.1) is 12.3 Å². The number of ether oxygens (including phenoxy) is 1. The molecule has 15 heavy (non-hydrogen) atoms.